The van der Waals surface area contributed by atoms with Gasteiger partial charge in [-0.1, -0.05) is 4.48 Å². The maximum Gasteiger partial charge on any atom is 0.365 e. The fourth-order valence-corrected chi connectivity index (χ4v) is 0.875. The van der Waals surface area contributed by atoms with Gasteiger partial charge in [-0.25, -0.2) is 9.18 Å². The molecule has 14 heavy (non-hydrogen) atoms. The molecule has 0 aromatic carbocycles. The van der Waals surface area contributed by atoms with Crippen LogP contribution in [0.25, 0.3) is 0 Å². The molecule has 0 saturated carbocycles. The fraction of sp³-hybridized carbons (Fsp3) is 0.714. The molecule has 3 N–H and O–H groups in total. The first-order chi connectivity index (χ1) is 6.36. The third-order valence-corrected chi connectivity index (χ3v) is 1.63. The fourth-order valence-electron chi connectivity index (χ4n) is 0.875. The molecule has 1 amide bonds. The van der Waals surface area contributed by atoms with E-state index in [1.165, 1.54) is 0 Å². The van der Waals surface area contributed by atoms with E-state index in [2.05, 4.69) is 0 Å². The van der Waals surface area contributed by atoms with Crippen molar-refractivity contribution in [1.29, 1.82) is 0 Å². The lowest BCUT2D eigenvalue weighted by Crippen LogP contribution is -2.49. The van der Waals surface area contributed by atoms with Gasteiger partial charge >= 0.3 is 11.8 Å². The number of carbonyl (C=O) groups excluding carboxylic acids is 1. The van der Waals surface area contributed by atoms with E-state index >= 15 is 0 Å². The topological polar surface area (TPSA) is 83.6 Å². The maximum atomic E-state index is 13.4. The Morgan fingerprint density at radius 3 is 2.36 bits per heavy atom. The van der Waals surface area contributed by atoms with Crippen LogP contribution in [-0.4, -0.2) is 34.4 Å². The number of nitrogens with zero attached hydrogens (tertiary/aromatic N) is 1. The molecule has 0 rings (SSSR count). The minimum absolute atomic E-state index is 0.0185. The highest BCUT2D eigenvalue weighted by Gasteiger charge is 2.47. The highest BCUT2D eigenvalue weighted by atomic mass is 19.2. The summed E-state index contributed by atoms with van der Waals surface area (Å²) in [6, 6.07) is 0. The number of carboxylic acid groups (broad SMARTS) is 1. The smallest absolute Gasteiger partial charge is 0.365 e. The monoisotopic (exact) mass is 210 g/mol. The van der Waals surface area contributed by atoms with Crippen LogP contribution in [0.2, 0.25) is 0 Å². The van der Waals surface area contributed by atoms with Crippen molar-refractivity contribution in [1.82, 2.24) is 5.12 Å². The summed E-state index contributed by atoms with van der Waals surface area (Å²) in [6.07, 6.45) is -0.703. The lowest BCUT2D eigenvalue weighted by atomic mass is 10.1. The molecule has 0 aliphatic rings. The van der Waals surface area contributed by atoms with Crippen molar-refractivity contribution < 1.29 is 23.6 Å². The summed E-state index contributed by atoms with van der Waals surface area (Å²) in [5.74, 6) is -6.65. The molecule has 0 spiro atoms. The van der Waals surface area contributed by atoms with Gasteiger partial charge in [-0.3, -0.25) is 4.79 Å². The second-order valence-corrected chi connectivity index (χ2v) is 2.76. The molecule has 0 aliphatic heterocycles. The molecule has 0 bridgehead atoms. The third kappa shape index (κ3) is 2.63. The Hall–Kier alpha value is -1.24. The van der Waals surface area contributed by atoms with Crippen molar-refractivity contribution >= 4 is 11.9 Å². The number of aliphatic carboxylic acids is 1. The normalized spacial score (nSPS) is 14.6. The van der Waals surface area contributed by atoms with Crippen LogP contribution in [0.15, 0.2) is 0 Å². The zero-order valence-corrected chi connectivity index (χ0v) is 7.67. The van der Waals surface area contributed by atoms with E-state index in [0.717, 1.165) is 6.92 Å². The van der Waals surface area contributed by atoms with E-state index < -0.39 is 29.2 Å². The molecule has 0 aliphatic carbocycles. The van der Waals surface area contributed by atoms with Crippen molar-refractivity contribution in [2.45, 2.75) is 25.6 Å². The highest BCUT2D eigenvalue weighted by Crippen LogP contribution is 2.24. The Bertz CT molecular complexity index is 237. The van der Waals surface area contributed by atoms with Crippen LogP contribution in [0.4, 0.5) is 8.87 Å². The summed E-state index contributed by atoms with van der Waals surface area (Å²) in [4.78, 5) is 20.9. The number of rotatable bonds is 5. The van der Waals surface area contributed by atoms with Crippen molar-refractivity contribution in [3.63, 3.8) is 0 Å². The predicted molar refractivity (Wildman–Crippen MR) is 43.4 cm³/mol. The number of alkyl halides is 1. The summed E-state index contributed by atoms with van der Waals surface area (Å²) >= 11 is 0. The van der Waals surface area contributed by atoms with Gasteiger partial charge in [-0.15, -0.1) is 5.12 Å². The number of carbonyl (C=O) groups is 2. The minimum Gasteiger partial charge on any atom is -0.477 e. The summed E-state index contributed by atoms with van der Waals surface area (Å²) in [5, 5.41) is 7.50. The maximum absolute atomic E-state index is 13.4. The van der Waals surface area contributed by atoms with Crippen LogP contribution in [0, 0.1) is 0 Å². The average Bonchev–Trinajstić information content (AvgIpc) is 2.12. The molecule has 0 radical (unpaired) electrons. The van der Waals surface area contributed by atoms with Crippen LogP contribution in [0.1, 0.15) is 19.8 Å². The van der Waals surface area contributed by atoms with Crippen LogP contribution >= 0.6 is 0 Å². The van der Waals surface area contributed by atoms with E-state index in [1.54, 1.807) is 0 Å². The summed E-state index contributed by atoms with van der Waals surface area (Å²) in [5.41, 5.74) is 5.03. The second-order valence-electron chi connectivity index (χ2n) is 2.76. The molecule has 0 heterocycles. The van der Waals surface area contributed by atoms with Gasteiger partial charge in [0.1, 0.15) is 0 Å². The first kappa shape index (κ1) is 12.8. The molecule has 0 aromatic rings. The first-order valence-corrected chi connectivity index (χ1v) is 3.95. The number of hydrogen-bond acceptors (Lipinski definition) is 3. The molecule has 0 saturated heterocycles. The molecular formula is C7H12F2N2O3. The van der Waals surface area contributed by atoms with Gasteiger partial charge in [0.25, 0.3) is 5.91 Å². The van der Waals surface area contributed by atoms with E-state index in [9.17, 15) is 18.5 Å². The zero-order valence-electron chi connectivity index (χ0n) is 7.67. The van der Waals surface area contributed by atoms with Crippen molar-refractivity contribution in [3.8, 4) is 0 Å². The minimum atomic E-state index is -3.31. The quantitative estimate of drug-likeness (QED) is 0.501. The SMILES string of the molecule is CC(=O)N(F)C(F)(CCCN)C(=O)O. The van der Waals surface area contributed by atoms with Crippen LogP contribution < -0.4 is 5.73 Å². The zero-order chi connectivity index (χ0) is 11.4. The van der Waals surface area contributed by atoms with Gasteiger partial charge in [0.05, 0.1) is 0 Å². The van der Waals surface area contributed by atoms with Gasteiger partial charge in [0.2, 0.25) is 0 Å². The largest absolute Gasteiger partial charge is 0.477 e. The van der Waals surface area contributed by atoms with Crippen molar-refractivity contribution in [3.05, 3.63) is 0 Å². The lowest BCUT2D eigenvalue weighted by molar-refractivity contribution is -0.203. The summed E-state index contributed by atoms with van der Waals surface area (Å²) in [6.45, 7) is 0.754. The van der Waals surface area contributed by atoms with Gasteiger partial charge in [0, 0.05) is 13.3 Å². The molecule has 1 unspecified atom stereocenters. The number of halogens is 2. The Balaban J connectivity index is 4.70. The van der Waals surface area contributed by atoms with Gasteiger partial charge in [0.15, 0.2) is 0 Å². The standard InChI is InChI=1S/C7H12F2N2O3/c1-5(12)11(9)7(8,6(13)14)3-2-4-10/h2-4,10H2,1H3,(H,13,14). The van der Waals surface area contributed by atoms with Crippen molar-refractivity contribution in [2.24, 2.45) is 5.73 Å². The number of amides is 1. The highest BCUT2D eigenvalue weighted by molar-refractivity contribution is 5.83. The van der Waals surface area contributed by atoms with Gasteiger partial charge < -0.3 is 10.8 Å². The average molecular weight is 210 g/mol. The predicted octanol–water partition coefficient (Wildman–Crippen LogP) is 0.209. The number of carboxylic acids is 1. The number of hydrogen-bond donors (Lipinski definition) is 2. The van der Waals surface area contributed by atoms with E-state index in [1.807, 2.05) is 0 Å². The van der Waals surface area contributed by atoms with Gasteiger partial charge in [-0.05, 0) is 13.0 Å². The van der Waals surface area contributed by atoms with Gasteiger partial charge in [-0.2, -0.15) is 0 Å². The Morgan fingerprint density at radius 2 is 2.07 bits per heavy atom. The molecule has 0 fully saturated rings. The van der Waals surface area contributed by atoms with E-state index in [4.69, 9.17) is 10.8 Å². The van der Waals surface area contributed by atoms with E-state index in [-0.39, 0.29) is 13.0 Å². The molecule has 82 valence electrons. The Labute approximate surface area is 79.4 Å². The Morgan fingerprint density at radius 1 is 1.57 bits per heavy atom. The summed E-state index contributed by atoms with van der Waals surface area (Å²) < 4.78 is 26.3. The van der Waals surface area contributed by atoms with E-state index in [0.29, 0.717) is 0 Å². The lowest BCUT2D eigenvalue weighted by Gasteiger charge is -2.25. The second kappa shape index (κ2) is 4.85. The molecular weight excluding hydrogens is 198 g/mol. The molecule has 7 heteroatoms. The third-order valence-electron chi connectivity index (χ3n) is 1.63. The molecule has 1 atom stereocenters. The van der Waals surface area contributed by atoms with Crippen LogP contribution in [0.3, 0.4) is 0 Å². The van der Waals surface area contributed by atoms with Crippen molar-refractivity contribution in [2.75, 3.05) is 6.54 Å². The number of nitrogens with two attached hydrogens (primary N) is 1. The molecule has 5 nitrogen and oxygen atoms in total. The van der Waals surface area contributed by atoms with Crippen LogP contribution in [-0.2, 0) is 9.59 Å². The van der Waals surface area contributed by atoms with Crippen LogP contribution in [0.5, 0.6) is 0 Å². The summed E-state index contributed by atoms with van der Waals surface area (Å²) in [7, 11) is 0. The Kier molecular flexibility index (Phi) is 4.42. The first-order valence-electron chi connectivity index (χ1n) is 3.95. The molecule has 0 aromatic heterocycles.